The van der Waals surface area contributed by atoms with Gasteiger partial charge in [-0.15, -0.1) is 0 Å². The van der Waals surface area contributed by atoms with E-state index in [0.29, 0.717) is 0 Å². The first-order valence-electron chi connectivity index (χ1n) is 5.91. The van der Waals surface area contributed by atoms with Crippen molar-refractivity contribution in [3.8, 4) is 5.75 Å². The highest BCUT2D eigenvalue weighted by atomic mass is 19.4. The van der Waals surface area contributed by atoms with E-state index in [2.05, 4.69) is 9.98 Å². The third kappa shape index (κ3) is 5.21. The molecule has 6 nitrogen and oxygen atoms in total. The van der Waals surface area contributed by atoms with Crippen molar-refractivity contribution in [1.29, 1.82) is 0 Å². The number of aliphatic imine (C=N–C) groups is 2. The maximum atomic E-state index is 13.0. The van der Waals surface area contributed by atoms with Crippen LogP contribution in [0.25, 0.3) is 0 Å². The monoisotopic (exact) mass is 303 g/mol. The van der Waals surface area contributed by atoms with Gasteiger partial charge in [-0.05, 0) is 32.0 Å². The first-order valence-corrected chi connectivity index (χ1v) is 5.91. The van der Waals surface area contributed by atoms with Crippen LogP contribution in [-0.4, -0.2) is 18.0 Å². The van der Waals surface area contributed by atoms with Gasteiger partial charge in [0.25, 0.3) is 0 Å². The average molecular weight is 303 g/mol. The Morgan fingerprint density at radius 1 is 1.19 bits per heavy atom. The van der Waals surface area contributed by atoms with E-state index in [-0.39, 0.29) is 23.4 Å². The van der Waals surface area contributed by atoms with Crippen LogP contribution in [0.15, 0.2) is 28.2 Å². The second-order valence-electron chi connectivity index (χ2n) is 4.35. The zero-order valence-electron chi connectivity index (χ0n) is 11.5. The summed E-state index contributed by atoms with van der Waals surface area (Å²) >= 11 is 0. The lowest BCUT2D eigenvalue weighted by molar-refractivity contribution is -0.139. The molecule has 0 spiro atoms. The zero-order valence-corrected chi connectivity index (χ0v) is 11.5. The van der Waals surface area contributed by atoms with Crippen molar-refractivity contribution in [2.24, 2.45) is 27.2 Å². The summed E-state index contributed by atoms with van der Waals surface area (Å²) in [5.41, 5.74) is 14.6. The van der Waals surface area contributed by atoms with E-state index in [9.17, 15) is 13.2 Å². The summed E-state index contributed by atoms with van der Waals surface area (Å²) in [6.45, 7) is 3.26. The number of alkyl halides is 3. The number of hydrogen-bond acceptors (Lipinski definition) is 2. The zero-order chi connectivity index (χ0) is 16.2. The van der Waals surface area contributed by atoms with Crippen LogP contribution in [0.3, 0.4) is 0 Å². The van der Waals surface area contributed by atoms with Crippen molar-refractivity contribution >= 4 is 17.6 Å². The molecule has 0 fully saturated rings. The molecule has 0 heterocycles. The van der Waals surface area contributed by atoms with Crippen molar-refractivity contribution in [2.45, 2.75) is 26.1 Å². The molecule has 21 heavy (non-hydrogen) atoms. The van der Waals surface area contributed by atoms with Gasteiger partial charge in [0.1, 0.15) is 5.75 Å². The minimum Gasteiger partial charge on any atom is -0.490 e. The second-order valence-corrected chi connectivity index (χ2v) is 4.35. The molecule has 0 aromatic heterocycles. The van der Waals surface area contributed by atoms with E-state index in [0.717, 1.165) is 6.07 Å². The molecule has 0 unspecified atom stereocenters. The molecule has 9 heteroatoms. The Hall–Kier alpha value is -2.45. The Balaban J connectivity index is 3.25. The van der Waals surface area contributed by atoms with Gasteiger partial charge in [-0.2, -0.15) is 18.2 Å². The van der Waals surface area contributed by atoms with Gasteiger partial charge in [-0.3, -0.25) is 0 Å². The van der Waals surface area contributed by atoms with E-state index in [4.69, 9.17) is 21.9 Å². The number of rotatable bonds is 3. The maximum absolute atomic E-state index is 13.0. The minimum atomic E-state index is -4.58. The molecule has 0 radical (unpaired) electrons. The molecule has 0 aliphatic heterocycles. The highest BCUT2D eigenvalue weighted by Crippen LogP contribution is 2.38. The maximum Gasteiger partial charge on any atom is 0.420 e. The summed E-state index contributed by atoms with van der Waals surface area (Å²) in [7, 11) is 0. The van der Waals surface area contributed by atoms with E-state index < -0.39 is 17.8 Å². The van der Waals surface area contributed by atoms with Crippen LogP contribution >= 0.6 is 0 Å². The Bertz CT molecular complexity index is 563. The third-order valence-electron chi connectivity index (χ3n) is 2.12. The largest absolute Gasteiger partial charge is 0.490 e. The minimum absolute atomic E-state index is 0.0408. The first kappa shape index (κ1) is 16.6. The molecule has 0 saturated heterocycles. The Morgan fingerprint density at radius 3 is 2.29 bits per heavy atom. The molecule has 1 aromatic rings. The fourth-order valence-corrected chi connectivity index (χ4v) is 1.46. The van der Waals surface area contributed by atoms with Gasteiger partial charge in [0.05, 0.1) is 17.4 Å². The van der Waals surface area contributed by atoms with Crippen LogP contribution in [0.2, 0.25) is 0 Å². The van der Waals surface area contributed by atoms with Crippen molar-refractivity contribution in [3.63, 3.8) is 0 Å². The molecule has 0 atom stereocenters. The van der Waals surface area contributed by atoms with E-state index in [1.807, 2.05) is 0 Å². The quantitative estimate of drug-likeness (QED) is 0.583. The molecule has 0 amide bonds. The van der Waals surface area contributed by atoms with Crippen LogP contribution in [0.4, 0.5) is 18.9 Å². The van der Waals surface area contributed by atoms with Crippen LogP contribution in [0.5, 0.6) is 5.75 Å². The SMILES string of the molecule is CC(C)Oc1ccc(N=C(N)N=C(N)N)cc1C(F)(F)F. The number of ether oxygens (including phenoxy) is 1. The van der Waals surface area contributed by atoms with E-state index in [1.54, 1.807) is 13.8 Å². The van der Waals surface area contributed by atoms with Crippen molar-refractivity contribution in [2.75, 3.05) is 0 Å². The molecular weight excluding hydrogens is 287 g/mol. The topological polar surface area (TPSA) is 112 Å². The fourth-order valence-electron chi connectivity index (χ4n) is 1.46. The van der Waals surface area contributed by atoms with E-state index in [1.165, 1.54) is 12.1 Å². The van der Waals surface area contributed by atoms with Gasteiger partial charge in [0.2, 0.25) is 5.96 Å². The summed E-state index contributed by atoms with van der Waals surface area (Å²) in [4.78, 5) is 7.11. The average Bonchev–Trinajstić information content (AvgIpc) is 2.27. The first-order chi connectivity index (χ1) is 9.59. The standard InChI is InChI=1S/C12H16F3N5O/c1-6(2)21-9-4-3-7(5-8(9)12(13,14)15)19-11(18)20-10(16)17/h3-6H,1-2H3,(H6,16,17,18,19,20). The smallest absolute Gasteiger partial charge is 0.420 e. The lowest BCUT2D eigenvalue weighted by Gasteiger charge is -2.16. The Kier molecular flexibility index (Phi) is 5.01. The van der Waals surface area contributed by atoms with Gasteiger partial charge < -0.3 is 21.9 Å². The molecule has 0 aliphatic carbocycles. The van der Waals surface area contributed by atoms with Crippen LogP contribution in [0, 0.1) is 0 Å². The lowest BCUT2D eigenvalue weighted by Crippen LogP contribution is -2.26. The molecule has 0 saturated carbocycles. The third-order valence-corrected chi connectivity index (χ3v) is 2.12. The molecule has 1 rings (SSSR count). The summed E-state index contributed by atoms with van der Waals surface area (Å²) in [5.74, 6) is -0.968. The van der Waals surface area contributed by atoms with Gasteiger partial charge in [0, 0.05) is 0 Å². The number of benzene rings is 1. The summed E-state index contributed by atoms with van der Waals surface area (Å²) in [6.07, 6.45) is -4.98. The Labute approximate surface area is 119 Å². The van der Waals surface area contributed by atoms with Crippen LogP contribution < -0.4 is 21.9 Å². The van der Waals surface area contributed by atoms with Gasteiger partial charge >= 0.3 is 6.18 Å². The summed E-state index contributed by atoms with van der Waals surface area (Å²) < 4.78 is 44.1. The number of guanidine groups is 2. The molecular formula is C12H16F3N5O. The molecule has 116 valence electrons. The molecule has 0 aliphatic rings. The normalized spacial score (nSPS) is 12.4. The second kappa shape index (κ2) is 6.33. The van der Waals surface area contributed by atoms with Crippen molar-refractivity contribution in [3.05, 3.63) is 23.8 Å². The molecule has 0 bridgehead atoms. The molecule has 1 aromatic carbocycles. The number of hydrogen-bond donors (Lipinski definition) is 3. The predicted octanol–water partition coefficient (Wildman–Crippen LogP) is 1.71. The number of halogens is 3. The lowest BCUT2D eigenvalue weighted by atomic mass is 10.1. The van der Waals surface area contributed by atoms with E-state index >= 15 is 0 Å². The summed E-state index contributed by atoms with van der Waals surface area (Å²) in [6, 6.07) is 3.30. The van der Waals surface area contributed by atoms with Gasteiger partial charge in [-0.1, -0.05) is 0 Å². The molecule has 6 N–H and O–H groups in total. The fraction of sp³-hybridized carbons (Fsp3) is 0.333. The highest BCUT2D eigenvalue weighted by molar-refractivity contribution is 5.93. The van der Waals surface area contributed by atoms with Crippen molar-refractivity contribution < 1.29 is 17.9 Å². The number of nitrogens with zero attached hydrogens (tertiary/aromatic N) is 2. The summed E-state index contributed by atoms with van der Waals surface area (Å²) in [5, 5.41) is 0. The van der Waals surface area contributed by atoms with Crippen LogP contribution in [0.1, 0.15) is 19.4 Å². The highest BCUT2D eigenvalue weighted by Gasteiger charge is 2.35. The van der Waals surface area contributed by atoms with Crippen LogP contribution in [-0.2, 0) is 6.18 Å². The predicted molar refractivity (Wildman–Crippen MR) is 74.3 cm³/mol. The Morgan fingerprint density at radius 2 is 1.81 bits per heavy atom. The van der Waals surface area contributed by atoms with Gasteiger partial charge in [-0.25, -0.2) is 4.99 Å². The number of nitrogens with two attached hydrogens (primary N) is 3. The van der Waals surface area contributed by atoms with Gasteiger partial charge in [0.15, 0.2) is 5.96 Å². The van der Waals surface area contributed by atoms with Crippen molar-refractivity contribution in [1.82, 2.24) is 0 Å².